The Bertz CT molecular complexity index is 1530. The number of nitrogens with zero attached hydrogens (tertiary/aromatic N) is 3. The molecule has 2 aromatic carbocycles. The summed E-state index contributed by atoms with van der Waals surface area (Å²) in [6, 6.07) is 17.7. The second kappa shape index (κ2) is 7.62. The third-order valence-corrected chi connectivity index (χ3v) is 13.7. The van der Waals surface area contributed by atoms with E-state index in [1.54, 1.807) is 31.5 Å². The number of likely N-dealkylation sites (N-methyl/N-ethyl adjacent to an activating group) is 2. The molecule has 3 aliphatic rings. The van der Waals surface area contributed by atoms with Crippen molar-refractivity contribution in [2.75, 3.05) is 19.0 Å². The zero-order valence-corrected chi connectivity index (χ0v) is 24.7. The SMILES string of the molecule is CN1C(=O)C(=Cc2cc3c(s2)N2c4ccccc4[Si](C)(C)c4cccc(c42)C3(C)C)C(=O)N(C)C1=[Se]. The van der Waals surface area contributed by atoms with E-state index in [4.69, 9.17) is 0 Å². The first-order chi connectivity index (χ1) is 17.0. The van der Waals surface area contributed by atoms with Gasteiger partial charge >= 0.3 is 206 Å². The first-order valence-electron chi connectivity index (χ1n) is 12.0. The van der Waals surface area contributed by atoms with Crippen molar-refractivity contribution in [2.24, 2.45) is 0 Å². The molecule has 182 valence electrons. The first-order valence-corrected chi connectivity index (χ1v) is 16.6. The quantitative estimate of drug-likeness (QED) is 0.253. The standard InChI is InChI=1S/C28H27N3O2SSeSi/c1-28(2)18-10-9-13-22-23(18)31(20-11-7-8-12-21(20)36(22,5)6)26-19(28)15-16(34-26)14-17-24(32)29(3)27(35)30(4)25(17)33/h7-15H,1-6H3. The van der Waals surface area contributed by atoms with E-state index in [0.717, 1.165) is 9.88 Å². The van der Waals surface area contributed by atoms with Gasteiger partial charge in [0.1, 0.15) is 0 Å². The number of hydrogen-bond acceptors (Lipinski definition) is 4. The second-order valence-electron chi connectivity index (χ2n) is 10.7. The van der Waals surface area contributed by atoms with E-state index in [1.165, 1.54) is 42.7 Å². The molecule has 0 N–H and O–H groups in total. The molecule has 4 heterocycles. The summed E-state index contributed by atoms with van der Waals surface area (Å²) in [6.07, 6.45) is 1.77. The Morgan fingerprint density at radius 2 is 1.56 bits per heavy atom. The molecule has 36 heavy (non-hydrogen) atoms. The molecule has 1 aromatic heterocycles. The minimum atomic E-state index is -1.89. The van der Waals surface area contributed by atoms with E-state index >= 15 is 0 Å². The van der Waals surface area contributed by atoms with Crippen LogP contribution >= 0.6 is 11.3 Å². The number of benzene rings is 2. The third kappa shape index (κ3) is 2.96. The van der Waals surface area contributed by atoms with E-state index in [1.807, 2.05) is 0 Å². The molecule has 8 heteroatoms. The molecule has 3 aliphatic heterocycles. The van der Waals surface area contributed by atoms with Gasteiger partial charge < -0.3 is 0 Å². The van der Waals surface area contributed by atoms with Crippen LogP contribution in [0, 0.1) is 0 Å². The molecule has 1 saturated heterocycles. The summed E-state index contributed by atoms with van der Waals surface area (Å²) in [5.74, 6) is -0.585. The molecular weight excluding hydrogens is 549 g/mol. The summed E-state index contributed by atoms with van der Waals surface area (Å²) in [5.41, 5.74) is 5.07. The number of para-hydroxylation sites is 2. The van der Waals surface area contributed by atoms with Crippen LogP contribution in [0.15, 0.2) is 54.1 Å². The Morgan fingerprint density at radius 3 is 2.25 bits per heavy atom. The number of amides is 2. The van der Waals surface area contributed by atoms with Gasteiger partial charge in [-0.05, 0) is 0 Å². The van der Waals surface area contributed by atoms with E-state index in [0.29, 0.717) is 4.67 Å². The van der Waals surface area contributed by atoms with Crippen LogP contribution in [0.1, 0.15) is 29.9 Å². The zero-order chi connectivity index (χ0) is 25.7. The Hall–Kier alpha value is -2.77. The molecule has 0 atom stereocenters. The summed E-state index contributed by atoms with van der Waals surface area (Å²) in [7, 11) is 1.47. The maximum absolute atomic E-state index is 13.0. The number of fused-ring (bicyclic) bond motifs is 4. The predicted molar refractivity (Wildman–Crippen MR) is 152 cm³/mol. The number of rotatable bonds is 1. The molecule has 1 fully saturated rings. The van der Waals surface area contributed by atoms with Gasteiger partial charge in [-0.2, -0.15) is 0 Å². The fourth-order valence-electron chi connectivity index (χ4n) is 5.81. The van der Waals surface area contributed by atoms with Crippen molar-refractivity contribution in [1.29, 1.82) is 0 Å². The monoisotopic (exact) mass is 577 g/mol. The fraction of sp³-hybridized carbons (Fsp3) is 0.250. The van der Waals surface area contributed by atoms with Gasteiger partial charge in [0, 0.05) is 0 Å². The van der Waals surface area contributed by atoms with Crippen LogP contribution in [0.4, 0.5) is 16.4 Å². The van der Waals surface area contributed by atoms with Gasteiger partial charge in [-0.15, -0.1) is 0 Å². The Labute approximate surface area is 224 Å². The predicted octanol–water partition coefficient (Wildman–Crippen LogP) is 3.56. The second-order valence-corrected chi connectivity index (χ2v) is 16.9. The van der Waals surface area contributed by atoms with Gasteiger partial charge in [-0.3, -0.25) is 0 Å². The van der Waals surface area contributed by atoms with Crippen molar-refractivity contribution in [3.8, 4) is 0 Å². The summed E-state index contributed by atoms with van der Waals surface area (Å²) >= 11 is 4.47. The minimum absolute atomic E-state index is 0.182. The number of carbonyl (C=O) groups is 2. The first kappa shape index (κ1) is 23.6. The van der Waals surface area contributed by atoms with E-state index in [2.05, 4.69) is 95.9 Å². The number of thiophene rings is 1. The third-order valence-electron chi connectivity index (χ3n) is 7.96. The van der Waals surface area contributed by atoms with Gasteiger partial charge in [-0.1, -0.05) is 19.2 Å². The van der Waals surface area contributed by atoms with Crippen LogP contribution in [-0.2, 0) is 15.0 Å². The van der Waals surface area contributed by atoms with Crippen LogP contribution in [0.3, 0.4) is 0 Å². The van der Waals surface area contributed by atoms with Crippen LogP contribution in [-0.4, -0.2) is 64.0 Å². The maximum atomic E-state index is 13.0. The van der Waals surface area contributed by atoms with Gasteiger partial charge in [0.05, 0.1) is 0 Å². The van der Waals surface area contributed by atoms with Crippen molar-refractivity contribution in [3.05, 3.63) is 70.1 Å². The molecule has 2 amide bonds. The summed E-state index contributed by atoms with van der Waals surface area (Å²) < 4.78 is 0.508. The van der Waals surface area contributed by atoms with E-state index < -0.39 is 8.07 Å². The number of carbonyl (C=O) groups excluding carboxylic acids is 2. The van der Waals surface area contributed by atoms with Crippen LogP contribution in [0.5, 0.6) is 0 Å². The zero-order valence-electron chi connectivity index (χ0n) is 21.2. The Kier molecular flexibility index (Phi) is 5.00. The van der Waals surface area contributed by atoms with Crippen molar-refractivity contribution >= 4 is 84.3 Å². The molecule has 6 rings (SSSR count). The molecule has 0 radical (unpaired) electrons. The number of hydrogen-bond donors (Lipinski definition) is 0. The molecule has 0 spiro atoms. The average molecular weight is 577 g/mol. The van der Waals surface area contributed by atoms with E-state index in [9.17, 15) is 9.59 Å². The fourth-order valence-corrected chi connectivity index (χ4v) is 10.4. The van der Waals surface area contributed by atoms with Gasteiger partial charge in [0.2, 0.25) is 0 Å². The Morgan fingerprint density at radius 1 is 0.917 bits per heavy atom. The molecule has 0 aliphatic carbocycles. The van der Waals surface area contributed by atoms with Crippen LogP contribution in [0.2, 0.25) is 13.1 Å². The van der Waals surface area contributed by atoms with E-state index in [-0.39, 0.29) is 22.8 Å². The van der Waals surface area contributed by atoms with Crippen LogP contribution in [0.25, 0.3) is 6.08 Å². The van der Waals surface area contributed by atoms with Crippen molar-refractivity contribution in [3.63, 3.8) is 0 Å². The molecule has 3 aromatic rings. The average Bonchev–Trinajstić information content (AvgIpc) is 3.29. The number of anilines is 3. The van der Waals surface area contributed by atoms with Crippen LogP contribution < -0.4 is 15.3 Å². The van der Waals surface area contributed by atoms with Gasteiger partial charge in [-0.25, -0.2) is 0 Å². The normalized spacial score (nSPS) is 19.2. The molecule has 0 bridgehead atoms. The summed E-state index contributed by atoms with van der Waals surface area (Å²) in [4.78, 5) is 32.4. The molecule has 5 nitrogen and oxygen atoms in total. The molecule has 0 unspecified atom stereocenters. The molecular formula is C28H27N3O2SSeSi. The summed E-state index contributed by atoms with van der Waals surface area (Å²) in [5, 5.41) is 4.04. The van der Waals surface area contributed by atoms with Gasteiger partial charge in [0.25, 0.3) is 0 Å². The van der Waals surface area contributed by atoms with Crippen molar-refractivity contribution < 1.29 is 9.59 Å². The van der Waals surface area contributed by atoms with Crippen molar-refractivity contribution in [1.82, 2.24) is 9.80 Å². The summed E-state index contributed by atoms with van der Waals surface area (Å²) in [6.45, 7) is 9.44. The Balaban J connectivity index is 1.59. The van der Waals surface area contributed by atoms with Gasteiger partial charge in [0.15, 0.2) is 0 Å². The molecule has 0 saturated carbocycles. The van der Waals surface area contributed by atoms with Crippen molar-refractivity contribution in [2.45, 2.75) is 32.4 Å². The topological polar surface area (TPSA) is 43.9 Å².